The molecule has 0 spiro atoms. The van der Waals surface area contributed by atoms with E-state index in [1.165, 1.54) is 6.07 Å². The lowest BCUT2D eigenvalue weighted by atomic mass is 10.0. The van der Waals surface area contributed by atoms with E-state index in [9.17, 15) is 18.0 Å². The number of nitrogens with one attached hydrogen (secondary N) is 1. The molecule has 4 aromatic rings. The number of hydrogen-bond donors (Lipinski definition) is 1. The van der Waals surface area contributed by atoms with Crippen LogP contribution in [0.4, 0.5) is 5.69 Å². The van der Waals surface area contributed by atoms with Crippen molar-refractivity contribution in [2.75, 3.05) is 11.9 Å². The molecule has 0 aliphatic carbocycles. The number of aryl methyl sites for hydroxylation is 3. The standard InChI is InChI=1S/C31H29ClN2O4S/c1-21-16-22(2)31(23(3)17-21)39(37,38)34(19-24-10-6-4-7-11-24)20-29(35)33-28-15-14-26(32)18-27(28)30(36)25-12-8-5-9-13-25/h4-18H,19-20H2,1-3H3,(H,33,35). The number of sulfonamides is 1. The molecule has 6 nitrogen and oxygen atoms in total. The molecule has 1 amide bonds. The van der Waals surface area contributed by atoms with Crippen LogP contribution in [-0.4, -0.2) is 31.0 Å². The highest BCUT2D eigenvalue weighted by Crippen LogP contribution is 2.28. The lowest BCUT2D eigenvalue weighted by molar-refractivity contribution is -0.116. The molecule has 0 aliphatic heterocycles. The molecule has 0 bridgehead atoms. The molecule has 8 heteroatoms. The van der Waals surface area contributed by atoms with Crippen LogP contribution in [-0.2, 0) is 21.4 Å². The molecule has 0 heterocycles. The third-order valence-corrected chi connectivity index (χ3v) is 8.59. The first-order valence-corrected chi connectivity index (χ1v) is 14.2. The van der Waals surface area contributed by atoms with E-state index in [0.717, 1.165) is 15.4 Å². The molecule has 200 valence electrons. The van der Waals surface area contributed by atoms with Gasteiger partial charge in [0.1, 0.15) is 0 Å². The van der Waals surface area contributed by atoms with Gasteiger partial charge in [-0.15, -0.1) is 0 Å². The Hall–Kier alpha value is -3.78. The molecular formula is C31H29ClN2O4S. The molecule has 0 atom stereocenters. The normalized spacial score (nSPS) is 11.4. The van der Waals surface area contributed by atoms with Gasteiger partial charge < -0.3 is 5.32 Å². The molecule has 0 fully saturated rings. The maximum atomic E-state index is 14.0. The molecule has 4 aromatic carbocycles. The van der Waals surface area contributed by atoms with E-state index >= 15 is 0 Å². The van der Waals surface area contributed by atoms with Gasteiger partial charge in [0.15, 0.2) is 5.78 Å². The zero-order valence-corrected chi connectivity index (χ0v) is 23.5. The number of carbonyl (C=O) groups excluding carboxylic acids is 2. The fraction of sp³-hybridized carbons (Fsp3) is 0.161. The van der Waals surface area contributed by atoms with E-state index in [-0.39, 0.29) is 28.5 Å². The van der Waals surface area contributed by atoms with Crippen molar-refractivity contribution in [1.82, 2.24) is 4.31 Å². The number of carbonyl (C=O) groups is 2. The molecule has 4 rings (SSSR count). The van der Waals surface area contributed by atoms with Crippen molar-refractivity contribution in [3.8, 4) is 0 Å². The minimum absolute atomic E-state index is 0.000228. The second-order valence-electron chi connectivity index (χ2n) is 9.42. The Bertz CT molecular complexity index is 1600. The maximum absolute atomic E-state index is 14.0. The van der Waals surface area contributed by atoms with E-state index in [0.29, 0.717) is 21.7 Å². The van der Waals surface area contributed by atoms with Crippen LogP contribution in [0.3, 0.4) is 0 Å². The summed E-state index contributed by atoms with van der Waals surface area (Å²) >= 11 is 6.18. The number of halogens is 1. The van der Waals surface area contributed by atoms with Crippen molar-refractivity contribution < 1.29 is 18.0 Å². The molecule has 39 heavy (non-hydrogen) atoms. The largest absolute Gasteiger partial charge is 0.324 e. The second-order valence-corrected chi connectivity index (χ2v) is 11.7. The number of amides is 1. The molecule has 0 aliphatic rings. The van der Waals surface area contributed by atoms with Gasteiger partial charge in [-0.05, 0) is 55.7 Å². The van der Waals surface area contributed by atoms with E-state index in [2.05, 4.69) is 5.32 Å². The summed E-state index contributed by atoms with van der Waals surface area (Å²) < 4.78 is 29.1. The van der Waals surface area contributed by atoms with Gasteiger partial charge in [0.05, 0.1) is 17.1 Å². The number of anilines is 1. The van der Waals surface area contributed by atoms with Crippen LogP contribution in [0.2, 0.25) is 5.02 Å². The van der Waals surface area contributed by atoms with Gasteiger partial charge >= 0.3 is 0 Å². The Morgan fingerprint density at radius 2 is 1.41 bits per heavy atom. The van der Waals surface area contributed by atoms with Crippen LogP contribution >= 0.6 is 11.6 Å². The van der Waals surface area contributed by atoms with Gasteiger partial charge in [0.25, 0.3) is 0 Å². The lowest BCUT2D eigenvalue weighted by Crippen LogP contribution is -2.38. The van der Waals surface area contributed by atoms with E-state index < -0.39 is 22.5 Å². The Labute approximate surface area is 234 Å². The lowest BCUT2D eigenvalue weighted by Gasteiger charge is -2.24. The molecule has 0 unspecified atom stereocenters. The minimum Gasteiger partial charge on any atom is -0.324 e. The fourth-order valence-electron chi connectivity index (χ4n) is 4.62. The molecule has 0 aromatic heterocycles. The Balaban J connectivity index is 1.67. The van der Waals surface area contributed by atoms with Crippen molar-refractivity contribution in [3.63, 3.8) is 0 Å². The van der Waals surface area contributed by atoms with E-state index in [1.807, 2.05) is 49.4 Å². The van der Waals surface area contributed by atoms with E-state index in [1.54, 1.807) is 56.3 Å². The molecular weight excluding hydrogens is 532 g/mol. The highest BCUT2D eigenvalue weighted by molar-refractivity contribution is 7.89. The van der Waals surface area contributed by atoms with Gasteiger partial charge in [0, 0.05) is 22.7 Å². The zero-order valence-electron chi connectivity index (χ0n) is 21.9. The minimum atomic E-state index is -4.06. The Morgan fingerprint density at radius 3 is 2.03 bits per heavy atom. The van der Waals surface area contributed by atoms with Crippen molar-refractivity contribution in [2.24, 2.45) is 0 Å². The average Bonchev–Trinajstić information content (AvgIpc) is 2.89. The number of hydrogen-bond acceptors (Lipinski definition) is 4. The summed E-state index contributed by atoms with van der Waals surface area (Å²) in [4.78, 5) is 26.7. The quantitative estimate of drug-likeness (QED) is 0.243. The van der Waals surface area contributed by atoms with Gasteiger partial charge in [-0.25, -0.2) is 8.42 Å². The second kappa shape index (κ2) is 11.9. The van der Waals surface area contributed by atoms with Crippen molar-refractivity contribution in [1.29, 1.82) is 0 Å². The molecule has 0 radical (unpaired) electrons. The predicted octanol–water partition coefficient (Wildman–Crippen LogP) is 6.33. The summed E-state index contributed by atoms with van der Waals surface area (Å²) in [6, 6.07) is 26.0. The average molecular weight is 561 g/mol. The Morgan fingerprint density at radius 1 is 0.821 bits per heavy atom. The summed E-state index contributed by atoms with van der Waals surface area (Å²) in [6.07, 6.45) is 0. The van der Waals surface area contributed by atoms with Crippen LogP contribution in [0.1, 0.15) is 38.2 Å². The van der Waals surface area contributed by atoms with Crippen LogP contribution in [0.25, 0.3) is 0 Å². The maximum Gasteiger partial charge on any atom is 0.244 e. The van der Waals surface area contributed by atoms with Crippen LogP contribution in [0.15, 0.2) is 95.9 Å². The van der Waals surface area contributed by atoms with Crippen LogP contribution in [0.5, 0.6) is 0 Å². The van der Waals surface area contributed by atoms with Gasteiger partial charge in [-0.3, -0.25) is 9.59 Å². The van der Waals surface area contributed by atoms with Crippen molar-refractivity contribution >= 4 is 39.0 Å². The molecule has 1 N–H and O–H groups in total. The summed E-state index contributed by atoms with van der Waals surface area (Å²) in [6.45, 7) is 4.96. The SMILES string of the molecule is Cc1cc(C)c(S(=O)(=O)N(CC(=O)Nc2ccc(Cl)cc2C(=O)c2ccccc2)Cc2ccccc2)c(C)c1. The third kappa shape index (κ3) is 6.63. The first-order chi connectivity index (χ1) is 18.6. The predicted molar refractivity (Wildman–Crippen MR) is 155 cm³/mol. The summed E-state index contributed by atoms with van der Waals surface area (Å²) in [7, 11) is -4.06. The van der Waals surface area contributed by atoms with E-state index in [4.69, 9.17) is 11.6 Å². The topological polar surface area (TPSA) is 83.6 Å². The molecule has 0 saturated carbocycles. The fourth-order valence-corrected chi connectivity index (χ4v) is 6.59. The molecule has 0 saturated heterocycles. The first kappa shape index (κ1) is 28.2. The number of rotatable bonds is 9. The Kier molecular flexibility index (Phi) is 8.65. The smallest absolute Gasteiger partial charge is 0.244 e. The van der Waals surface area contributed by atoms with Gasteiger partial charge in [-0.1, -0.05) is 90.0 Å². The van der Waals surface area contributed by atoms with Crippen molar-refractivity contribution in [3.05, 3.63) is 129 Å². The van der Waals surface area contributed by atoms with Gasteiger partial charge in [-0.2, -0.15) is 4.31 Å². The highest BCUT2D eigenvalue weighted by Gasteiger charge is 2.30. The number of ketones is 1. The first-order valence-electron chi connectivity index (χ1n) is 12.4. The number of benzene rings is 4. The van der Waals surface area contributed by atoms with Crippen LogP contribution in [0, 0.1) is 20.8 Å². The monoisotopic (exact) mass is 560 g/mol. The third-order valence-electron chi connectivity index (χ3n) is 6.26. The van der Waals surface area contributed by atoms with Gasteiger partial charge in [0.2, 0.25) is 15.9 Å². The zero-order chi connectivity index (χ0) is 28.2. The summed E-state index contributed by atoms with van der Waals surface area (Å²) in [5, 5.41) is 3.08. The van der Waals surface area contributed by atoms with Crippen molar-refractivity contribution in [2.45, 2.75) is 32.2 Å². The van der Waals surface area contributed by atoms with Crippen LogP contribution < -0.4 is 5.32 Å². The summed E-state index contributed by atoms with van der Waals surface area (Å²) in [5.41, 5.74) is 3.81. The number of nitrogens with zero attached hydrogens (tertiary/aromatic N) is 1. The summed E-state index contributed by atoms with van der Waals surface area (Å²) in [5.74, 6) is -0.894. The highest BCUT2D eigenvalue weighted by atomic mass is 35.5.